The van der Waals surface area contributed by atoms with Gasteiger partial charge in [-0.2, -0.15) is 0 Å². The maximum Gasteiger partial charge on any atom is 0.312 e. The molecule has 0 saturated carbocycles. The van der Waals surface area contributed by atoms with Crippen LogP contribution in [0.4, 0.5) is 0 Å². The van der Waals surface area contributed by atoms with Crippen molar-refractivity contribution in [3.63, 3.8) is 0 Å². The van der Waals surface area contributed by atoms with E-state index in [1.807, 2.05) is 41.8 Å². The van der Waals surface area contributed by atoms with E-state index in [1.54, 1.807) is 6.92 Å². The molecule has 0 saturated heterocycles. The van der Waals surface area contributed by atoms with Crippen LogP contribution in [0.25, 0.3) is 21.9 Å². The van der Waals surface area contributed by atoms with Crippen LogP contribution in [0.2, 0.25) is 0 Å². The lowest BCUT2D eigenvalue weighted by atomic mass is 10.3. The Morgan fingerprint density at radius 3 is 2.92 bits per heavy atom. The molecule has 1 aromatic carbocycles. The third-order valence-electron chi connectivity index (χ3n) is 3.58. The largest absolute Gasteiger partial charge is 0.452 e. The van der Waals surface area contributed by atoms with E-state index in [0.717, 1.165) is 10.4 Å². The van der Waals surface area contributed by atoms with E-state index in [0.29, 0.717) is 23.1 Å². The third kappa shape index (κ3) is 3.32. The highest BCUT2D eigenvalue weighted by Gasteiger charge is 2.19. The molecule has 0 amide bonds. The highest BCUT2D eigenvalue weighted by Crippen LogP contribution is 2.25. The zero-order chi connectivity index (χ0) is 17.2. The second kappa shape index (κ2) is 6.52. The lowest BCUT2D eigenvalue weighted by molar-refractivity contribution is -0.148. The highest BCUT2D eigenvalue weighted by molar-refractivity contribution is 7.13. The molecule has 1 atom stereocenters. The maximum absolute atomic E-state index is 12.1. The Labute approximate surface area is 147 Å². The average molecular weight is 354 g/mol. The lowest BCUT2D eigenvalue weighted by Crippen LogP contribution is -2.11. The van der Waals surface area contributed by atoms with Gasteiger partial charge < -0.3 is 13.6 Å². The molecule has 7 heteroatoms. The van der Waals surface area contributed by atoms with Crippen molar-refractivity contribution in [1.82, 2.24) is 9.97 Å². The van der Waals surface area contributed by atoms with Gasteiger partial charge in [0.25, 0.3) is 0 Å². The Morgan fingerprint density at radius 1 is 1.24 bits per heavy atom. The first-order valence-electron chi connectivity index (χ1n) is 7.72. The van der Waals surface area contributed by atoms with Crippen molar-refractivity contribution in [1.29, 1.82) is 0 Å². The number of hydrogen-bond acceptors (Lipinski definition) is 7. The molecule has 0 N–H and O–H groups in total. The number of para-hydroxylation sites is 2. The van der Waals surface area contributed by atoms with Crippen LogP contribution in [-0.4, -0.2) is 15.9 Å². The first-order chi connectivity index (χ1) is 12.2. The Hall–Kier alpha value is -2.93. The summed E-state index contributed by atoms with van der Waals surface area (Å²) in [4.78, 5) is 21.7. The maximum atomic E-state index is 12.1. The summed E-state index contributed by atoms with van der Waals surface area (Å²) in [7, 11) is 0. The van der Waals surface area contributed by atoms with Gasteiger partial charge in [0.05, 0.1) is 17.0 Å². The van der Waals surface area contributed by atoms with Crippen molar-refractivity contribution in [3.05, 3.63) is 59.6 Å². The van der Waals surface area contributed by atoms with E-state index < -0.39 is 12.1 Å². The second-order valence-corrected chi connectivity index (χ2v) is 6.40. The van der Waals surface area contributed by atoms with E-state index in [-0.39, 0.29) is 6.42 Å². The summed E-state index contributed by atoms with van der Waals surface area (Å²) in [5, 5.41) is 1.94. The zero-order valence-electron chi connectivity index (χ0n) is 13.3. The Morgan fingerprint density at radius 2 is 2.12 bits per heavy atom. The molecule has 25 heavy (non-hydrogen) atoms. The fourth-order valence-corrected chi connectivity index (χ4v) is 3.06. The summed E-state index contributed by atoms with van der Waals surface area (Å²) in [5.41, 5.74) is 1.92. The first-order valence-corrected chi connectivity index (χ1v) is 8.60. The van der Waals surface area contributed by atoms with Gasteiger partial charge in [-0.15, -0.1) is 11.3 Å². The Kier molecular flexibility index (Phi) is 4.07. The molecule has 0 bridgehead atoms. The molecular formula is C18H14N2O4S. The third-order valence-corrected chi connectivity index (χ3v) is 4.43. The van der Waals surface area contributed by atoms with Crippen LogP contribution in [0, 0.1) is 0 Å². The quantitative estimate of drug-likeness (QED) is 0.495. The minimum absolute atomic E-state index is 0.0272. The molecular weight excluding hydrogens is 340 g/mol. The number of fused-ring (bicyclic) bond motifs is 1. The van der Waals surface area contributed by atoms with Crippen LogP contribution in [0.3, 0.4) is 0 Å². The average Bonchev–Trinajstić information content (AvgIpc) is 3.34. The molecule has 0 aliphatic carbocycles. The van der Waals surface area contributed by atoms with Crippen LogP contribution >= 0.6 is 11.3 Å². The van der Waals surface area contributed by atoms with Crippen molar-refractivity contribution in [2.45, 2.75) is 19.4 Å². The van der Waals surface area contributed by atoms with Gasteiger partial charge in [-0.3, -0.25) is 4.79 Å². The number of ether oxygens (including phenoxy) is 1. The standard InChI is InChI=1S/C18H14N2O4S/c1-11(17-20-13-5-2-3-6-14(13)24-17)23-16(21)9-12-10-22-18(19-12)15-7-4-8-25-15/h2-8,10-11H,9H2,1H3/t11-/m1/s1. The number of benzene rings is 1. The molecule has 3 heterocycles. The van der Waals surface area contributed by atoms with Gasteiger partial charge in [0, 0.05) is 0 Å². The van der Waals surface area contributed by atoms with Crippen LogP contribution in [0.5, 0.6) is 0 Å². The summed E-state index contributed by atoms with van der Waals surface area (Å²) < 4.78 is 16.4. The van der Waals surface area contributed by atoms with Gasteiger partial charge >= 0.3 is 5.97 Å². The van der Waals surface area contributed by atoms with Crippen LogP contribution in [0.1, 0.15) is 24.6 Å². The summed E-state index contributed by atoms with van der Waals surface area (Å²) >= 11 is 1.53. The van der Waals surface area contributed by atoms with Gasteiger partial charge in [0.1, 0.15) is 11.8 Å². The summed E-state index contributed by atoms with van der Waals surface area (Å²) in [6, 6.07) is 11.2. The molecule has 3 aromatic heterocycles. The number of thiophene rings is 1. The van der Waals surface area contributed by atoms with E-state index in [1.165, 1.54) is 17.6 Å². The monoisotopic (exact) mass is 354 g/mol. The fraction of sp³-hybridized carbons (Fsp3) is 0.167. The molecule has 0 fully saturated rings. The first kappa shape index (κ1) is 15.6. The zero-order valence-corrected chi connectivity index (χ0v) is 14.2. The van der Waals surface area contributed by atoms with Crippen LogP contribution < -0.4 is 0 Å². The van der Waals surface area contributed by atoms with E-state index in [9.17, 15) is 4.79 Å². The van der Waals surface area contributed by atoms with Gasteiger partial charge in [-0.25, -0.2) is 9.97 Å². The molecule has 126 valence electrons. The molecule has 0 unspecified atom stereocenters. The molecule has 0 radical (unpaired) electrons. The van der Waals surface area contributed by atoms with Crippen molar-refractivity contribution in [2.75, 3.05) is 0 Å². The summed E-state index contributed by atoms with van der Waals surface area (Å²) in [5.74, 6) is 0.458. The molecule has 0 aliphatic rings. The topological polar surface area (TPSA) is 78.4 Å². The molecule has 4 aromatic rings. The van der Waals surface area contributed by atoms with Crippen molar-refractivity contribution < 1.29 is 18.4 Å². The normalized spacial score (nSPS) is 12.4. The number of carbonyl (C=O) groups excluding carboxylic acids is 1. The lowest BCUT2D eigenvalue weighted by Gasteiger charge is -2.08. The van der Waals surface area contributed by atoms with E-state index >= 15 is 0 Å². The van der Waals surface area contributed by atoms with E-state index in [4.69, 9.17) is 13.6 Å². The molecule has 0 aliphatic heterocycles. The van der Waals surface area contributed by atoms with Crippen molar-refractivity contribution >= 4 is 28.4 Å². The Balaban J connectivity index is 1.41. The number of carbonyl (C=O) groups is 1. The van der Waals surface area contributed by atoms with Crippen molar-refractivity contribution in [2.24, 2.45) is 0 Å². The smallest absolute Gasteiger partial charge is 0.312 e. The van der Waals surface area contributed by atoms with Crippen LogP contribution in [-0.2, 0) is 16.0 Å². The number of nitrogens with zero attached hydrogens (tertiary/aromatic N) is 2. The van der Waals surface area contributed by atoms with Gasteiger partial charge in [-0.05, 0) is 30.5 Å². The predicted octanol–water partition coefficient (Wildman–Crippen LogP) is 4.39. The number of esters is 1. The van der Waals surface area contributed by atoms with Gasteiger partial charge in [0.2, 0.25) is 11.8 Å². The Bertz CT molecular complexity index is 970. The fourth-order valence-electron chi connectivity index (χ4n) is 2.40. The number of hydrogen-bond donors (Lipinski definition) is 0. The van der Waals surface area contributed by atoms with Crippen molar-refractivity contribution in [3.8, 4) is 10.8 Å². The van der Waals surface area contributed by atoms with E-state index in [2.05, 4.69) is 9.97 Å². The summed E-state index contributed by atoms with van der Waals surface area (Å²) in [6.45, 7) is 1.72. The summed E-state index contributed by atoms with van der Waals surface area (Å²) in [6.07, 6.45) is 0.920. The predicted molar refractivity (Wildman–Crippen MR) is 92.0 cm³/mol. The second-order valence-electron chi connectivity index (χ2n) is 5.45. The van der Waals surface area contributed by atoms with Gasteiger partial charge in [0.15, 0.2) is 11.7 Å². The van der Waals surface area contributed by atoms with Gasteiger partial charge in [-0.1, -0.05) is 18.2 Å². The molecule has 0 spiro atoms. The minimum Gasteiger partial charge on any atom is -0.452 e. The number of aromatic nitrogens is 2. The SMILES string of the molecule is C[C@@H](OC(=O)Cc1coc(-c2cccs2)n1)c1nc2ccccc2o1. The number of oxazole rings is 2. The van der Waals surface area contributed by atoms with Crippen LogP contribution in [0.15, 0.2) is 56.9 Å². The minimum atomic E-state index is -0.580. The number of rotatable bonds is 5. The highest BCUT2D eigenvalue weighted by atomic mass is 32.1. The molecule has 4 rings (SSSR count). The molecule has 6 nitrogen and oxygen atoms in total.